The van der Waals surface area contributed by atoms with Crippen molar-refractivity contribution in [1.82, 2.24) is 4.98 Å². The summed E-state index contributed by atoms with van der Waals surface area (Å²) >= 11 is 0. The van der Waals surface area contributed by atoms with Crippen molar-refractivity contribution in [2.45, 2.75) is 44.1 Å². The summed E-state index contributed by atoms with van der Waals surface area (Å²) in [7, 11) is 0. The molecule has 2 fully saturated rings. The third-order valence-corrected chi connectivity index (χ3v) is 3.79. The Morgan fingerprint density at radius 1 is 1.18 bits per heavy atom. The lowest BCUT2D eigenvalue weighted by atomic mass is 9.92. The zero-order valence-electron chi connectivity index (χ0n) is 10.1. The van der Waals surface area contributed by atoms with Gasteiger partial charge in [0.1, 0.15) is 6.10 Å². The van der Waals surface area contributed by atoms with Crippen LogP contribution in [0.1, 0.15) is 43.6 Å². The lowest BCUT2D eigenvalue weighted by molar-refractivity contribution is 0.0810. The fraction of sp³-hybridized carbons (Fsp3) is 0.643. The third kappa shape index (κ3) is 2.44. The van der Waals surface area contributed by atoms with E-state index in [0.717, 1.165) is 31.9 Å². The Balaban J connectivity index is 1.76. The molecule has 1 saturated heterocycles. The highest BCUT2D eigenvalue weighted by Gasteiger charge is 2.24. The molecule has 1 aliphatic heterocycles. The smallest absolute Gasteiger partial charge is 0.217 e. The van der Waals surface area contributed by atoms with Crippen LogP contribution in [0.15, 0.2) is 18.3 Å². The molecule has 0 unspecified atom stereocenters. The van der Waals surface area contributed by atoms with Crippen LogP contribution in [0.25, 0.3) is 0 Å². The lowest BCUT2D eigenvalue weighted by Gasteiger charge is -2.29. The molecule has 0 spiro atoms. The van der Waals surface area contributed by atoms with E-state index in [9.17, 15) is 0 Å². The van der Waals surface area contributed by atoms with Gasteiger partial charge in [0.2, 0.25) is 5.88 Å². The van der Waals surface area contributed by atoms with Gasteiger partial charge in [-0.05, 0) is 44.1 Å². The van der Waals surface area contributed by atoms with Gasteiger partial charge in [-0.1, -0.05) is 6.07 Å². The number of hydrogen-bond donors (Lipinski definition) is 0. The quantitative estimate of drug-likeness (QED) is 0.804. The summed E-state index contributed by atoms with van der Waals surface area (Å²) in [6.07, 6.45) is 8.08. The van der Waals surface area contributed by atoms with Gasteiger partial charge in [0, 0.05) is 25.0 Å². The molecule has 0 radical (unpaired) electrons. The Morgan fingerprint density at radius 2 is 2.00 bits per heavy atom. The minimum Gasteiger partial charge on any atom is -0.474 e. The largest absolute Gasteiger partial charge is 0.474 e. The maximum Gasteiger partial charge on any atom is 0.217 e. The van der Waals surface area contributed by atoms with Gasteiger partial charge in [0.25, 0.3) is 0 Å². The number of ether oxygens (including phenoxy) is 2. The van der Waals surface area contributed by atoms with Gasteiger partial charge in [-0.2, -0.15) is 0 Å². The fourth-order valence-electron chi connectivity index (χ4n) is 2.47. The van der Waals surface area contributed by atoms with Crippen molar-refractivity contribution in [3.63, 3.8) is 0 Å². The molecule has 0 atom stereocenters. The Hall–Kier alpha value is -1.09. The first kappa shape index (κ1) is 11.0. The van der Waals surface area contributed by atoms with E-state index >= 15 is 0 Å². The molecule has 1 aromatic heterocycles. The number of pyridine rings is 1. The Kier molecular flexibility index (Phi) is 3.27. The highest BCUT2D eigenvalue weighted by molar-refractivity contribution is 5.30. The van der Waals surface area contributed by atoms with Crippen LogP contribution in [0.3, 0.4) is 0 Å². The third-order valence-electron chi connectivity index (χ3n) is 3.79. The van der Waals surface area contributed by atoms with Crippen LogP contribution in [-0.2, 0) is 4.74 Å². The van der Waals surface area contributed by atoms with E-state index in [4.69, 9.17) is 9.47 Å². The standard InChI is InChI=1S/C14H19NO2/c1-3-12(4-1)17-14-13(5-2-8-15-14)11-6-9-16-10-7-11/h2,5,8,11-12H,1,3-4,6-7,9-10H2. The predicted octanol–water partition coefficient (Wildman–Crippen LogP) is 2.91. The average Bonchev–Trinajstić information content (AvgIpc) is 2.35. The van der Waals surface area contributed by atoms with Crippen molar-refractivity contribution in [3.05, 3.63) is 23.9 Å². The SMILES string of the molecule is c1cnc(OC2CCC2)c(C2CCOCC2)c1. The predicted molar refractivity (Wildman–Crippen MR) is 65.3 cm³/mol. The molecular formula is C14H19NO2. The molecule has 3 heteroatoms. The van der Waals surface area contributed by atoms with E-state index in [-0.39, 0.29) is 0 Å². The summed E-state index contributed by atoms with van der Waals surface area (Å²) in [5.41, 5.74) is 1.28. The van der Waals surface area contributed by atoms with E-state index in [2.05, 4.69) is 11.1 Å². The summed E-state index contributed by atoms with van der Waals surface area (Å²) in [6.45, 7) is 1.73. The molecule has 0 amide bonds. The first-order valence-electron chi connectivity index (χ1n) is 6.63. The summed E-state index contributed by atoms with van der Waals surface area (Å²) in [4.78, 5) is 4.41. The maximum atomic E-state index is 5.98. The van der Waals surface area contributed by atoms with Gasteiger partial charge in [-0.3, -0.25) is 0 Å². The van der Waals surface area contributed by atoms with E-state index in [1.165, 1.54) is 24.8 Å². The molecule has 0 bridgehead atoms. The van der Waals surface area contributed by atoms with Crippen LogP contribution in [0, 0.1) is 0 Å². The Morgan fingerprint density at radius 3 is 2.71 bits per heavy atom. The summed E-state index contributed by atoms with van der Waals surface area (Å²) in [5, 5.41) is 0. The minimum absolute atomic E-state index is 0.406. The zero-order chi connectivity index (χ0) is 11.5. The van der Waals surface area contributed by atoms with E-state index in [1.54, 1.807) is 0 Å². The highest BCUT2D eigenvalue weighted by atomic mass is 16.5. The molecule has 3 rings (SSSR count). The molecule has 92 valence electrons. The zero-order valence-corrected chi connectivity index (χ0v) is 10.1. The Labute approximate surface area is 102 Å². The van der Waals surface area contributed by atoms with E-state index in [1.807, 2.05) is 12.3 Å². The molecule has 2 aliphatic rings. The van der Waals surface area contributed by atoms with Gasteiger partial charge >= 0.3 is 0 Å². The monoisotopic (exact) mass is 233 g/mol. The second-order valence-corrected chi connectivity index (χ2v) is 4.96. The second kappa shape index (κ2) is 5.05. The normalized spacial score (nSPS) is 22.1. The molecule has 3 nitrogen and oxygen atoms in total. The van der Waals surface area contributed by atoms with Gasteiger partial charge in [-0.25, -0.2) is 4.98 Å². The molecule has 0 aromatic carbocycles. The van der Waals surface area contributed by atoms with Crippen LogP contribution in [0.4, 0.5) is 0 Å². The summed E-state index contributed by atoms with van der Waals surface area (Å²) < 4.78 is 11.4. The first-order chi connectivity index (χ1) is 8.43. The summed E-state index contributed by atoms with van der Waals surface area (Å²) in [6, 6.07) is 4.18. The summed E-state index contributed by atoms with van der Waals surface area (Å²) in [5.74, 6) is 1.43. The minimum atomic E-state index is 0.406. The van der Waals surface area contributed by atoms with E-state index in [0.29, 0.717) is 12.0 Å². The number of hydrogen-bond acceptors (Lipinski definition) is 3. The topological polar surface area (TPSA) is 31.4 Å². The highest BCUT2D eigenvalue weighted by Crippen LogP contribution is 2.34. The van der Waals surface area contributed by atoms with Gasteiger partial charge < -0.3 is 9.47 Å². The molecule has 0 N–H and O–H groups in total. The molecule has 1 saturated carbocycles. The van der Waals surface area contributed by atoms with Crippen LogP contribution in [0.2, 0.25) is 0 Å². The van der Waals surface area contributed by atoms with Crippen LogP contribution in [-0.4, -0.2) is 24.3 Å². The van der Waals surface area contributed by atoms with Gasteiger partial charge in [0.05, 0.1) is 0 Å². The Bertz CT molecular complexity index is 370. The number of aromatic nitrogens is 1. The first-order valence-corrected chi connectivity index (χ1v) is 6.63. The van der Waals surface area contributed by atoms with Crippen molar-refractivity contribution in [2.24, 2.45) is 0 Å². The number of rotatable bonds is 3. The molecular weight excluding hydrogens is 214 g/mol. The molecule has 17 heavy (non-hydrogen) atoms. The number of nitrogens with zero attached hydrogens (tertiary/aromatic N) is 1. The van der Waals surface area contributed by atoms with E-state index < -0.39 is 0 Å². The van der Waals surface area contributed by atoms with Gasteiger partial charge in [0.15, 0.2) is 0 Å². The van der Waals surface area contributed by atoms with Crippen molar-refractivity contribution >= 4 is 0 Å². The fourth-order valence-corrected chi connectivity index (χ4v) is 2.47. The molecule has 1 aromatic rings. The lowest BCUT2D eigenvalue weighted by Crippen LogP contribution is -2.26. The van der Waals surface area contributed by atoms with Crippen molar-refractivity contribution < 1.29 is 9.47 Å². The van der Waals surface area contributed by atoms with Crippen LogP contribution >= 0.6 is 0 Å². The van der Waals surface area contributed by atoms with Crippen molar-refractivity contribution in [2.75, 3.05) is 13.2 Å². The maximum absolute atomic E-state index is 5.98. The van der Waals surface area contributed by atoms with Gasteiger partial charge in [-0.15, -0.1) is 0 Å². The van der Waals surface area contributed by atoms with Crippen molar-refractivity contribution in [3.8, 4) is 5.88 Å². The van der Waals surface area contributed by atoms with Crippen molar-refractivity contribution in [1.29, 1.82) is 0 Å². The second-order valence-electron chi connectivity index (χ2n) is 4.96. The molecule has 1 aliphatic carbocycles. The van der Waals surface area contributed by atoms with Crippen LogP contribution in [0.5, 0.6) is 5.88 Å². The molecule has 2 heterocycles. The van der Waals surface area contributed by atoms with Crippen LogP contribution < -0.4 is 4.74 Å². The average molecular weight is 233 g/mol.